The minimum Gasteiger partial charge on any atom is -0.410 e. The quantitative estimate of drug-likeness (QED) is 0.899. The van der Waals surface area contributed by atoms with Crippen LogP contribution in [-0.2, 0) is 0 Å². The van der Waals surface area contributed by atoms with Gasteiger partial charge in [-0.1, -0.05) is 18.2 Å². The van der Waals surface area contributed by atoms with E-state index in [1.54, 1.807) is 49.4 Å². The minimum atomic E-state index is -0.592. The third kappa shape index (κ3) is 3.35. The summed E-state index contributed by atoms with van der Waals surface area (Å²) in [5, 5.41) is 2.61. The van der Waals surface area contributed by atoms with Crippen LogP contribution in [-0.4, -0.2) is 12.0 Å². The van der Waals surface area contributed by atoms with Crippen molar-refractivity contribution in [3.63, 3.8) is 0 Å². The number of anilines is 1. The maximum atomic E-state index is 11.7. The number of hydrogen-bond donors (Lipinski definition) is 2. The Hall–Kier alpha value is -2.82. The molecule has 0 aromatic heterocycles. The molecule has 5 nitrogen and oxygen atoms in total. The van der Waals surface area contributed by atoms with E-state index in [4.69, 9.17) is 10.5 Å². The fourth-order valence-corrected chi connectivity index (χ4v) is 1.69. The Bertz CT molecular complexity index is 639. The lowest BCUT2D eigenvalue weighted by Crippen LogP contribution is -2.18. The first-order valence-corrected chi connectivity index (χ1v) is 6.00. The number of carbonyl (C=O) groups excluding carboxylic acids is 2. The molecule has 0 radical (unpaired) electrons. The average Bonchev–Trinajstić information content (AvgIpc) is 2.42. The molecule has 0 saturated heterocycles. The summed E-state index contributed by atoms with van der Waals surface area (Å²) >= 11 is 0. The van der Waals surface area contributed by atoms with E-state index in [1.807, 2.05) is 6.07 Å². The Morgan fingerprint density at radius 3 is 2.40 bits per heavy atom. The van der Waals surface area contributed by atoms with Gasteiger partial charge in [-0.15, -0.1) is 0 Å². The maximum absolute atomic E-state index is 11.7. The molecule has 0 unspecified atom stereocenters. The average molecular weight is 270 g/mol. The Morgan fingerprint density at radius 2 is 1.80 bits per heavy atom. The number of rotatable bonds is 3. The summed E-state index contributed by atoms with van der Waals surface area (Å²) < 4.78 is 5.11. The summed E-state index contributed by atoms with van der Waals surface area (Å²) in [6.07, 6.45) is -0.592. The zero-order chi connectivity index (χ0) is 14.5. The molecule has 0 atom stereocenters. The highest BCUT2D eigenvalue weighted by Gasteiger charge is 2.08. The lowest BCUT2D eigenvalue weighted by atomic mass is 10.1. The van der Waals surface area contributed by atoms with E-state index in [1.165, 1.54) is 0 Å². The van der Waals surface area contributed by atoms with Crippen LogP contribution in [0.3, 0.4) is 0 Å². The van der Waals surface area contributed by atoms with Crippen molar-refractivity contribution in [1.29, 1.82) is 0 Å². The van der Waals surface area contributed by atoms with Gasteiger partial charge >= 0.3 is 6.09 Å². The standard InChI is InChI=1S/C15H14N2O3/c1-10-9-11(14(16)18)7-8-13(10)17-15(19)20-12-5-3-2-4-6-12/h2-9H,1H3,(H2,16,18)(H,17,19). The van der Waals surface area contributed by atoms with Crippen molar-refractivity contribution >= 4 is 17.7 Å². The van der Waals surface area contributed by atoms with E-state index >= 15 is 0 Å². The third-order valence-electron chi connectivity index (χ3n) is 2.70. The largest absolute Gasteiger partial charge is 0.417 e. The second kappa shape index (κ2) is 5.88. The molecule has 102 valence electrons. The summed E-state index contributed by atoms with van der Waals surface area (Å²) in [5.41, 5.74) is 6.87. The van der Waals surface area contributed by atoms with Gasteiger partial charge in [-0.3, -0.25) is 10.1 Å². The van der Waals surface area contributed by atoms with Crippen LogP contribution in [0.2, 0.25) is 0 Å². The number of ether oxygens (including phenoxy) is 1. The van der Waals surface area contributed by atoms with Gasteiger partial charge in [-0.2, -0.15) is 0 Å². The molecule has 20 heavy (non-hydrogen) atoms. The van der Waals surface area contributed by atoms with Gasteiger partial charge in [-0.25, -0.2) is 4.79 Å². The van der Waals surface area contributed by atoms with Crippen molar-refractivity contribution < 1.29 is 14.3 Å². The van der Waals surface area contributed by atoms with E-state index < -0.39 is 12.0 Å². The van der Waals surface area contributed by atoms with E-state index in [9.17, 15) is 9.59 Å². The number of hydrogen-bond acceptors (Lipinski definition) is 3. The van der Waals surface area contributed by atoms with E-state index in [0.29, 0.717) is 17.0 Å². The van der Waals surface area contributed by atoms with Gasteiger partial charge < -0.3 is 10.5 Å². The molecular weight excluding hydrogens is 256 g/mol. The molecule has 2 aromatic carbocycles. The molecule has 0 saturated carbocycles. The summed E-state index contributed by atoms with van der Waals surface area (Å²) in [5.74, 6) is -0.0529. The third-order valence-corrected chi connectivity index (χ3v) is 2.70. The van der Waals surface area contributed by atoms with Crippen molar-refractivity contribution in [3.05, 3.63) is 59.7 Å². The monoisotopic (exact) mass is 270 g/mol. The second-order valence-electron chi connectivity index (χ2n) is 4.22. The molecule has 0 aliphatic heterocycles. The predicted molar refractivity (Wildman–Crippen MR) is 75.8 cm³/mol. The highest BCUT2D eigenvalue weighted by Crippen LogP contribution is 2.17. The maximum Gasteiger partial charge on any atom is 0.417 e. The number of primary amides is 1. The van der Waals surface area contributed by atoms with Gasteiger partial charge in [0.25, 0.3) is 0 Å². The van der Waals surface area contributed by atoms with Crippen LogP contribution >= 0.6 is 0 Å². The Morgan fingerprint density at radius 1 is 1.10 bits per heavy atom. The summed E-state index contributed by atoms with van der Waals surface area (Å²) in [4.78, 5) is 22.8. The lowest BCUT2D eigenvalue weighted by molar-refractivity contribution is 0.1000. The lowest BCUT2D eigenvalue weighted by Gasteiger charge is -2.09. The molecule has 2 aromatic rings. The van der Waals surface area contributed by atoms with Crippen LogP contribution in [0, 0.1) is 6.92 Å². The predicted octanol–water partition coefficient (Wildman–Crippen LogP) is 2.70. The first kappa shape index (κ1) is 13.6. The Labute approximate surface area is 116 Å². The SMILES string of the molecule is Cc1cc(C(N)=O)ccc1NC(=O)Oc1ccccc1. The summed E-state index contributed by atoms with van der Waals surface area (Å²) in [6.45, 7) is 1.77. The van der Waals surface area contributed by atoms with Gasteiger partial charge in [0.2, 0.25) is 5.91 Å². The van der Waals surface area contributed by atoms with Gasteiger partial charge in [0.05, 0.1) is 0 Å². The van der Waals surface area contributed by atoms with Crippen LogP contribution in [0.5, 0.6) is 5.75 Å². The van der Waals surface area contributed by atoms with Crippen molar-refractivity contribution in [1.82, 2.24) is 0 Å². The van der Waals surface area contributed by atoms with E-state index in [-0.39, 0.29) is 0 Å². The van der Waals surface area contributed by atoms with E-state index in [2.05, 4.69) is 5.32 Å². The number of nitrogens with one attached hydrogen (secondary N) is 1. The topological polar surface area (TPSA) is 81.4 Å². The number of para-hydroxylation sites is 1. The normalized spacial score (nSPS) is 9.85. The molecule has 2 rings (SSSR count). The van der Waals surface area contributed by atoms with Crippen LogP contribution in [0.4, 0.5) is 10.5 Å². The fourth-order valence-electron chi connectivity index (χ4n) is 1.69. The van der Waals surface area contributed by atoms with E-state index in [0.717, 1.165) is 5.56 Å². The number of aryl methyl sites for hydroxylation is 1. The van der Waals surface area contributed by atoms with Gasteiger partial charge in [0.15, 0.2) is 0 Å². The highest BCUT2D eigenvalue weighted by molar-refractivity contribution is 5.94. The van der Waals surface area contributed by atoms with Gasteiger partial charge in [-0.05, 0) is 42.8 Å². The van der Waals surface area contributed by atoms with Gasteiger partial charge in [0, 0.05) is 11.3 Å². The zero-order valence-corrected chi connectivity index (χ0v) is 10.9. The second-order valence-corrected chi connectivity index (χ2v) is 4.22. The summed E-state index contributed by atoms with van der Waals surface area (Å²) in [6, 6.07) is 13.5. The minimum absolute atomic E-state index is 0.393. The summed E-state index contributed by atoms with van der Waals surface area (Å²) in [7, 11) is 0. The van der Waals surface area contributed by atoms with Crippen molar-refractivity contribution in [3.8, 4) is 5.75 Å². The van der Waals surface area contributed by atoms with Crippen molar-refractivity contribution in [2.24, 2.45) is 5.73 Å². The van der Waals surface area contributed by atoms with Crippen LogP contribution in [0.1, 0.15) is 15.9 Å². The number of amides is 2. The molecule has 2 amide bonds. The molecule has 0 aliphatic carbocycles. The molecule has 5 heteroatoms. The Balaban J connectivity index is 2.06. The number of carbonyl (C=O) groups is 2. The van der Waals surface area contributed by atoms with Crippen LogP contribution in [0.25, 0.3) is 0 Å². The zero-order valence-electron chi connectivity index (χ0n) is 10.9. The number of nitrogens with two attached hydrogens (primary N) is 1. The van der Waals surface area contributed by atoms with Crippen molar-refractivity contribution in [2.75, 3.05) is 5.32 Å². The number of benzene rings is 2. The molecule has 0 aliphatic rings. The fraction of sp³-hybridized carbons (Fsp3) is 0.0667. The molecule has 0 fully saturated rings. The van der Waals surface area contributed by atoms with Crippen LogP contribution < -0.4 is 15.8 Å². The first-order valence-electron chi connectivity index (χ1n) is 6.00. The highest BCUT2D eigenvalue weighted by atomic mass is 16.6. The van der Waals surface area contributed by atoms with Crippen molar-refractivity contribution in [2.45, 2.75) is 6.92 Å². The smallest absolute Gasteiger partial charge is 0.410 e. The van der Waals surface area contributed by atoms with Crippen LogP contribution in [0.15, 0.2) is 48.5 Å². The molecular formula is C15H14N2O3. The molecule has 0 bridgehead atoms. The molecule has 0 spiro atoms. The first-order chi connectivity index (χ1) is 9.56. The molecule has 3 N–H and O–H groups in total. The molecule has 0 heterocycles. The van der Waals surface area contributed by atoms with Gasteiger partial charge in [0.1, 0.15) is 5.75 Å². The Kier molecular flexibility index (Phi) is 4.00.